The fraction of sp³-hybridized carbons (Fsp3) is 0.231. The van der Waals surface area contributed by atoms with Gasteiger partial charge < -0.3 is 0 Å². The van der Waals surface area contributed by atoms with Crippen molar-refractivity contribution in [2.45, 2.75) is 32.9 Å². The Morgan fingerprint density at radius 1 is 0.774 bits per heavy atom. The molecule has 0 saturated carbocycles. The molecule has 156 valence electrons. The number of rotatable bonds is 3. The summed E-state index contributed by atoms with van der Waals surface area (Å²) in [6.45, 7) is 5.94. The number of carbonyl (C=O) groups excluding carboxylic acids is 2. The molecule has 0 aliphatic carbocycles. The van der Waals surface area contributed by atoms with Gasteiger partial charge in [-0.25, -0.2) is 9.96 Å². The van der Waals surface area contributed by atoms with Crippen molar-refractivity contribution >= 4 is 23.2 Å². The third kappa shape index (κ3) is 3.04. The maximum Gasteiger partial charge on any atom is 0.266 e. The van der Waals surface area contributed by atoms with Crippen LogP contribution in [0.25, 0.3) is 0 Å². The minimum Gasteiger partial charge on any atom is -0.273 e. The van der Waals surface area contributed by atoms with Crippen LogP contribution in [0, 0.1) is 26.7 Å². The Morgan fingerprint density at radius 2 is 1.48 bits per heavy atom. The predicted molar refractivity (Wildman–Crippen MR) is 120 cm³/mol. The van der Waals surface area contributed by atoms with E-state index in [-0.39, 0.29) is 17.9 Å². The Morgan fingerprint density at radius 3 is 2.19 bits per heavy atom. The number of hydrogen-bond acceptors (Lipinski definition) is 4. The highest BCUT2D eigenvalue weighted by Gasteiger charge is 2.60. The van der Waals surface area contributed by atoms with Crippen LogP contribution in [0.5, 0.6) is 0 Å². The van der Waals surface area contributed by atoms with Gasteiger partial charge in [-0.1, -0.05) is 60.2 Å². The molecule has 3 aromatic carbocycles. The number of hydrogen-bond donors (Lipinski definition) is 0. The van der Waals surface area contributed by atoms with E-state index in [9.17, 15) is 9.59 Å². The second kappa shape index (κ2) is 7.36. The molecule has 0 bridgehead atoms. The van der Waals surface area contributed by atoms with Gasteiger partial charge in [0.15, 0.2) is 6.10 Å². The van der Waals surface area contributed by atoms with Crippen LogP contribution in [-0.4, -0.2) is 17.9 Å². The summed E-state index contributed by atoms with van der Waals surface area (Å²) in [5.74, 6) is -1.14. The molecule has 31 heavy (non-hydrogen) atoms. The number of hydroxylamine groups is 1. The third-order valence-corrected chi connectivity index (χ3v) is 6.23. The maximum absolute atomic E-state index is 13.7. The van der Waals surface area contributed by atoms with Gasteiger partial charge in [-0.05, 0) is 55.7 Å². The quantitative estimate of drug-likeness (QED) is 0.587. The fourth-order valence-electron chi connectivity index (χ4n) is 4.74. The molecular weight excluding hydrogens is 388 g/mol. The van der Waals surface area contributed by atoms with Crippen LogP contribution in [0.3, 0.4) is 0 Å². The van der Waals surface area contributed by atoms with E-state index in [4.69, 9.17) is 4.84 Å². The topological polar surface area (TPSA) is 49.9 Å². The Hall–Kier alpha value is -3.44. The lowest BCUT2D eigenvalue weighted by molar-refractivity contribution is -0.126. The first kappa shape index (κ1) is 19.5. The molecule has 3 aromatic rings. The molecule has 0 radical (unpaired) electrons. The zero-order valence-electron chi connectivity index (χ0n) is 17.8. The smallest absolute Gasteiger partial charge is 0.266 e. The number of para-hydroxylation sites is 1. The Balaban J connectivity index is 1.61. The van der Waals surface area contributed by atoms with Gasteiger partial charge in [0.2, 0.25) is 5.91 Å². The van der Waals surface area contributed by atoms with Gasteiger partial charge in [-0.15, -0.1) is 0 Å². The molecular formula is C26H24N2O3. The number of carbonyl (C=O) groups is 2. The molecule has 5 rings (SSSR count). The highest BCUT2D eigenvalue weighted by Crippen LogP contribution is 2.48. The summed E-state index contributed by atoms with van der Waals surface area (Å²) in [7, 11) is 0. The van der Waals surface area contributed by atoms with Gasteiger partial charge in [-0.2, -0.15) is 0 Å². The summed E-state index contributed by atoms with van der Waals surface area (Å²) >= 11 is 0. The van der Waals surface area contributed by atoms with Crippen LogP contribution < -0.4 is 9.96 Å². The summed E-state index contributed by atoms with van der Waals surface area (Å²) < 4.78 is 0. The molecule has 2 saturated heterocycles. The summed E-state index contributed by atoms with van der Waals surface area (Å²) in [6, 6.07) is 23.0. The van der Waals surface area contributed by atoms with Gasteiger partial charge in [-0.3, -0.25) is 14.4 Å². The first-order valence-corrected chi connectivity index (χ1v) is 10.5. The van der Waals surface area contributed by atoms with Crippen LogP contribution in [-0.2, 0) is 14.4 Å². The number of benzene rings is 3. The van der Waals surface area contributed by atoms with Crippen LogP contribution in [0.4, 0.5) is 11.4 Å². The second-order valence-electron chi connectivity index (χ2n) is 8.32. The van der Waals surface area contributed by atoms with Crippen LogP contribution >= 0.6 is 0 Å². The SMILES string of the molecule is Cc1ccc(N2C(=O)[C@H]3[C@@H](c4ccccc4C)N(c4ccccc4)O[C@H]3C2=O)c(C)c1. The molecule has 0 N–H and O–H groups in total. The zero-order chi connectivity index (χ0) is 21.7. The summed E-state index contributed by atoms with van der Waals surface area (Å²) in [6.07, 6.45) is -0.849. The van der Waals surface area contributed by atoms with E-state index in [0.29, 0.717) is 5.69 Å². The van der Waals surface area contributed by atoms with E-state index < -0.39 is 12.0 Å². The summed E-state index contributed by atoms with van der Waals surface area (Å²) in [5, 5.41) is 1.74. The van der Waals surface area contributed by atoms with E-state index >= 15 is 0 Å². The number of fused-ring (bicyclic) bond motifs is 1. The number of aryl methyl sites for hydroxylation is 3. The van der Waals surface area contributed by atoms with Crippen molar-refractivity contribution in [2.75, 3.05) is 9.96 Å². The standard InChI is InChI=1S/C26H24N2O3/c1-16-13-14-21(18(3)15-16)27-25(29)22-23(20-12-8-7-9-17(20)2)28(31-24(22)26(27)30)19-10-5-4-6-11-19/h4-15,22-24H,1-3H3/t22-,23+,24+/m0/s1. The Kier molecular flexibility index (Phi) is 4.63. The van der Waals surface area contributed by atoms with Crippen LogP contribution in [0.1, 0.15) is 28.3 Å². The molecule has 2 aliphatic rings. The van der Waals surface area contributed by atoms with Gasteiger partial charge in [0.05, 0.1) is 17.4 Å². The van der Waals surface area contributed by atoms with Crippen LogP contribution in [0.15, 0.2) is 72.8 Å². The second-order valence-corrected chi connectivity index (χ2v) is 8.32. The maximum atomic E-state index is 13.7. The molecule has 3 atom stereocenters. The molecule has 5 heteroatoms. The molecule has 2 aliphatic heterocycles. The molecule has 2 fully saturated rings. The first-order chi connectivity index (χ1) is 15.0. The number of imide groups is 1. The normalized spacial score (nSPS) is 22.9. The Bertz CT molecular complexity index is 1170. The van der Waals surface area contributed by atoms with E-state index in [1.54, 1.807) is 5.06 Å². The number of nitrogens with zero attached hydrogens (tertiary/aromatic N) is 2. The zero-order valence-corrected chi connectivity index (χ0v) is 17.8. The van der Waals surface area contributed by atoms with E-state index in [1.807, 2.05) is 93.6 Å². The van der Waals surface area contributed by atoms with Crippen molar-refractivity contribution in [3.8, 4) is 0 Å². The monoisotopic (exact) mass is 412 g/mol. The lowest BCUT2D eigenvalue weighted by Crippen LogP contribution is -2.37. The van der Waals surface area contributed by atoms with Gasteiger partial charge in [0.25, 0.3) is 5.91 Å². The van der Waals surface area contributed by atoms with E-state index in [1.165, 1.54) is 4.90 Å². The fourth-order valence-corrected chi connectivity index (χ4v) is 4.74. The minimum absolute atomic E-state index is 0.214. The number of anilines is 2. The lowest BCUT2D eigenvalue weighted by Gasteiger charge is -2.30. The first-order valence-electron chi connectivity index (χ1n) is 10.5. The van der Waals surface area contributed by atoms with E-state index in [2.05, 4.69) is 0 Å². The molecule has 0 unspecified atom stereocenters. The average molecular weight is 412 g/mol. The van der Waals surface area contributed by atoms with Crippen molar-refractivity contribution < 1.29 is 14.4 Å². The van der Waals surface area contributed by atoms with E-state index in [0.717, 1.165) is 27.9 Å². The third-order valence-electron chi connectivity index (χ3n) is 6.23. The Labute approximate surface area is 181 Å². The molecule has 2 amide bonds. The summed E-state index contributed by atoms with van der Waals surface area (Å²) in [5.41, 5.74) is 5.49. The number of amides is 2. The van der Waals surface area contributed by atoms with Crippen molar-refractivity contribution in [3.63, 3.8) is 0 Å². The molecule has 2 heterocycles. The highest BCUT2D eigenvalue weighted by atomic mass is 16.7. The summed E-state index contributed by atoms with van der Waals surface area (Å²) in [4.78, 5) is 34.7. The lowest BCUT2D eigenvalue weighted by atomic mass is 9.88. The van der Waals surface area contributed by atoms with Crippen molar-refractivity contribution in [3.05, 3.63) is 95.1 Å². The predicted octanol–water partition coefficient (Wildman–Crippen LogP) is 4.66. The van der Waals surface area contributed by atoms with Gasteiger partial charge in [0.1, 0.15) is 5.92 Å². The average Bonchev–Trinajstić information content (AvgIpc) is 3.26. The van der Waals surface area contributed by atoms with Crippen LogP contribution in [0.2, 0.25) is 0 Å². The van der Waals surface area contributed by atoms with Crippen molar-refractivity contribution in [1.82, 2.24) is 0 Å². The largest absolute Gasteiger partial charge is 0.273 e. The van der Waals surface area contributed by atoms with Crippen molar-refractivity contribution in [2.24, 2.45) is 5.92 Å². The molecule has 0 aromatic heterocycles. The van der Waals surface area contributed by atoms with Gasteiger partial charge >= 0.3 is 0 Å². The molecule has 5 nitrogen and oxygen atoms in total. The molecule has 0 spiro atoms. The minimum atomic E-state index is -0.849. The van der Waals surface area contributed by atoms with Crippen molar-refractivity contribution in [1.29, 1.82) is 0 Å². The highest BCUT2D eigenvalue weighted by molar-refractivity contribution is 6.24. The van der Waals surface area contributed by atoms with Gasteiger partial charge in [0, 0.05) is 0 Å².